The fraction of sp³-hybridized carbons (Fsp3) is 0.440. The average Bonchev–Trinajstić information content (AvgIpc) is 2.83. The van der Waals surface area contributed by atoms with Crippen molar-refractivity contribution < 1.29 is 14.3 Å². The second kappa shape index (κ2) is 12.1. The van der Waals surface area contributed by atoms with Gasteiger partial charge in [-0.3, -0.25) is 9.59 Å². The van der Waals surface area contributed by atoms with Crippen LogP contribution in [0.1, 0.15) is 49.3 Å². The van der Waals surface area contributed by atoms with Crippen LogP contribution in [0.15, 0.2) is 48.5 Å². The van der Waals surface area contributed by atoms with Crippen LogP contribution in [-0.4, -0.2) is 42.3 Å². The van der Waals surface area contributed by atoms with Crippen molar-refractivity contribution >= 4 is 35.0 Å². The third kappa shape index (κ3) is 6.63. The number of hydrogen-bond donors (Lipinski definition) is 1. The van der Waals surface area contributed by atoms with E-state index in [2.05, 4.69) is 5.32 Å². The van der Waals surface area contributed by atoms with Gasteiger partial charge in [0, 0.05) is 17.6 Å². The topological polar surface area (TPSA) is 58.6 Å². The van der Waals surface area contributed by atoms with Crippen LogP contribution in [0.2, 0.25) is 5.02 Å². The van der Waals surface area contributed by atoms with Crippen molar-refractivity contribution in [1.29, 1.82) is 0 Å². The zero-order valence-electron chi connectivity index (χ0n) is 18.4. The lowest BCUT2D eigenvalue weighted by Gasteiger charge is -2.33. The molecule has 1 atom stereocenters. The molecule has 0 bridgehead atoms. The Balaban J connectivity index is 1.87. The summed E-state index contributed by atoms with van der Waals surface area (Å²) in [6.45, 7) is 0.363. The van der Waals surface area contributed by atoms with Crippen LogP contribution < -0.4 is 10.1 Å². The molecule has 0 radical (unpaired) electrons. The maximum atomic E-state index is 13.5. The van der Waals surface area contributed by atoms with Crippen LogP contribution in [-0.2, 0) is 16.0 Å². The Morgan fingerprint density at radius 3 is 2.31 bits per heavy atom. The molecule has 1 aliphatic rings. The van der Waals surface area contributed by atoms with Crippen LogP contribution in [0, 0.1) is 0 Å². The molecule has 32 heavy (non-hydrogen) atoms. The van der Waals surface area contributed by atoms with E-state index < -0.39 is 6.04 Å². The minimum atomic E-state index is -0.763. The van der Waals surface area contributed by atoms with Gasteiger partial charge in [-0.05, 0) is 54.7 Å². The summed E-state index contributed by atoms with van der Waals surface area (Å²) >= 11 is 12.0. The predicted octanol–water partition coefficient (Wildman–Crippen LogP) is 5.15. The molecule has 0 unspecified atom stereocenters. The summed E-state index contributed by atoms with van der Waals surface area (Å²) in [7, 11) is 1.59. The average molecular weight is 477 g/mol. The van der Waals surface area contributed by atoms with Gasteiger partial charge in [-0.15, -0.1) is 11.6 Å². The maximum Gasteiger partial charge on any atom is 0.247 e. The van der Waals surface area contributed by atoms with Gasteiger partial charge in [-0.1, -0.05) is 55.1 Å². The second-order valence-corrected chi connectivity index (χ2v) is 8.82. The molecule has 1 aliphatic carbocycles. The molecule has 2 aromatic carbocycles. The molecule has 1 N–H and O–H groups in total. The number of amides is 2. The lowest BCUT2D eigenvalue weighted by Crippen LogP contribution is -2.48. The van der Waals surface area contributed by atoms with E-state index in [0.29, 0.717) is 23.7 Å². The Morgan fingerprint density at radius 2 is 1.72 bits per heavy atom. The number of hydrogen-bond acceptors (Lipinski definition) is 3. The highest BCUT2D eigenvalue weighted by Crippen LogP contribution is 2.26. The fourth-order valence-corrected chi connectivity index (χ4v) is 4.44. The Morgan fingerprint density at radius 1 is 1.06 bits per heavy atom. The largest absolute Gasteiger partial charge is 0.497 e. The van der Waals surface area contributed by atoms with Gasteiger partial charge in [0.2, 0.25) is 11.8 Å². The molecule has 0 aliphatic heterocycles. The number of carbonyl (C=O) groups is 2. The van der Waals surface area contributed by atoms with E-state index in [-0.39, 0.29) is 23.7 Å². The number of nitrogens with one attached hydrogen (secondary N) is 1. The minimum absolute atomic E-state index is 0.140. The number of nitrogens with zero attached hydrogens (tertiary/aromatic N) is 1. The van der Waals surface area contributed by atoms with E-state index in [9.17, 15) is 9.59 Å². The maximum absolute atomic E-state index is 13.5. The molecular formula is C25H30Cl2N2O3. The summed E-state index contributed by atoms with van der Waals surface area (Å²) in [6.07, 6.45) is 5.94. The van der Waals surface area contributed by atoms with Crippen LogP contribution in [0.25, 0.3) is 0 Å². The monoisotopic (exact) mass is 476 g/mol. The Kier molecular flexibility index (Phi) is 9.24. The minimum Gasteiger partial charge on any atom is -0.497 e. The Labute approximate surface area is 200 Å². The zero-order valence-corrected chi connectivity index (χ0v) is 19.9. The molecule has 172 valence electrons. The number of carbonyl (C=O) groups excluding carboxylic acids is 2. The summed E-state index contributed by atoms with van der Waals surface area (Å²) < 4.78 is 5.26. The standard InChI is InChI=1S/C25H30Cl2N2O3/c1-32-22-13-9-19(10-14-22)24(25(31)28-21-5-3-2-4-6-21)29(23(30)17-26)16-15-18-7-11-20(27)12-8-18/h7-14,21,24H,2-6,15-17H2,1H3,(H,28,31)/t24-/m1/s1. The van der Waals surface area contributed by atoms with Crippen molar-refractivity contribution in [3.05, 3.63) is 64.7 Å². The Bertz CT molecular complexity index is 881. The van der Waals surface area contributed by atoms with Crippen LogP contribution in [0.3, 0.4) is 0 Å². The zero-order chi connectivity index (χ0) is 22.9. The normalized spacial score (nSPS) is 15.1. The van der Waals surface area contributed by atoms with Gasteiger partial charge in [0.05, 0.1) is 7.11 Å². The van der Waals surface area contributed by atoms with Gasteiger partial charge < -0.3 is 15.0 Å². The summed E-state index contributed by atoms with van der Waals surface area (Å²) in [5.41, 5.74) is 1.76. The molecule has 0 heterocycles. The van der Waals surface area contributed by atoms with E-state index in [1.54, 1.807) is 24.1 Å². The molecule has 0 spiro atoms. The SMILES string of the molecule is COc1ccc([C@H](C(=O)NC2CCCCC2)N(CCc2ccc(Cl)cc2)C(=O)CCl)cc1. The van der Waals surface area contributed by atoms with Gasteiger partial charge in [0.25, 0.3) is 0 Å². The van der Waals surface area contributed by atoms with Gasteiger partial charge in [0.1, 0.15) is 17.7 Å². The van der Waals surface area contributed by atoms with Gasteiger partial charge in [0.15, 0.2) is 0 Å². The smallest absolute Gasteiger partial charge is 0.247 e. The number of methoxy groups -OCH3 is 1. The van der Waals surface area contributed by atoms with Crippen molar-refractivity contribution in [3.8, 4) is 5.75 Å². The lowest BCUT2D eigenvalue weighted by atomic mass is 9.94. The number of alkyl halides is 1. The van der Waals surface area contributed by atoms with E-state index >= 15 is 0 Å². The van der Waals surface area contributed by atoms with Crippen LogP contribution >= 0.6 is 23.2 Å². The van der Waals surface area contributed by atoms with Crippen molar-refractivity contribution in [3.63, 3.8) is 0 Å². The van der Waals surface area contributed by atoms with E-state index in [4.69, 9.17) is 27.9 Å². The third-order valence-corrected chi connectivity index (χ3v) is 6.41. The summed E-state index contributed by atoms with van der Waals surface area (Å²) in [5.74, 6) is 0.0534. The van der Waals surface area contributed by atoms with E-state index in [1.807, 2.05) is 36.4 Å². The van der Waals surface area contributed by atoms with Gasteiger partial charge in [-0.2, -0.15) is 0 Å². The number of ether oxygens (including phenoxy) is 1. The van der Waals surface area contributed by atoms with Crippen LogP contribution in [0.5, 0.6) is 5.75 Å². The second-order valence-electron chi connectivity index (χ2n) is 8.12. The first-order chi connectivity index (χ1) is 15.5. The molecule has 1 saturated carbocycles. The molecule has 2 amide bonds. The lowest BCUT2D eigenvalue weighted by molar-refractivity contribution is -0.139. The number of rotatable bonds is 9. The molecule has 2 aromatic rings. The fourth-order valence-electron chi connectivity index (χ4n) is 4.16. The molecule has 1 fully saturated rings. The molecular weight excluding hydrogens is 447 g/mol. The number of benzene rings is 2. The highest BCUT2D eigenvalue weighted by atomic mass is 35.5. The van der Waals surface area contributed by atoms with Crippen molar-refractivity contribution in [1.82, 2.24) is 10.2 Å². The Hall–Kier alpha value is -2.24. The summed E-state index contributed by atoms with van der Waals surface area (Å²) in [4.78, 5) is 28.0. The van der Waals surface area contributed by atoms with E-state index in [0.717, 1.165) is 36.8 Å². The quantitative estimate of drug-likeness (QED) is 0.509. The molecule has 0 saturated heterocycles. The molecule has 0 aromatic heterocycles. The first-order valence-corrected chi connectivity index (χ1v) is 12.0. The highest BCUT2D eigenvalue weighted by molar-refractivity contribution is 6.30. The number of halogens is 2. The van der Waals surface area contributed by atoms with Gasteiger partial charge in [-0.25, -0.2) is 0 Å². The van der Waals surface area contributed by atoms with E-state index in [1.165, 1.54) is 6.42 Å². The summed E-state index contributed by atoms with van der Waals surface area (Å²) in [5, 5.41) is 3.84. The summed E-state index contributed by atoms with van der Waals surface area (Å²) in [6, 6.07) is 14.1. The highest BCUT2D eigenvalue weighted by Gasteiger charge is 2.32. The third-order valence-electron chi connectivity index (χ3n) is 5.93. The van der Waals surface area contributed by atoms with Gasteiger partial charge >= 0.3 is 0 Å². The van der Waals surface area contributed by atoms with Crippen molar-refractivity contribution in [2.45, 2.75) is 50.6 Å². The molecule has 3 rings (SSSR count). The van der Waals surface area contributed by atoms with Crippen molar-refractivity contribution in [2.75, 3.05) is 19.5 Å². The molecule has 7 heteroatoms. The predicted molar refractivity (Wildman–Crippen MR) is 128 cm³/mol. The first-order valence-electron chi connectivity index (χ1n) is 11.1. The first kappa shape index (κ1) is 24.4. The van der Waals surface area contributed by atoms with Crippen LogP contribution in [0.4, 0.5) is 0 Å². The molecule has 5 nitrogen and oxygen atoms in total. The van der Waals surface area contributed by atoms with Crippen molar-refractivity contribution in [2.24, 2.45) is 0 Å².